The summed E-state index contributed by atoms with van der Waals surface area (Å²) in [5, 5.41) is 13.8. The van der Waals surface area contributed by atoms with Gasteiger partial charge in [0.1, 0.15) is 10.8 Å². The average molecular weight is 279 g/mol. The fourth-order valence-corrected chi connectivity index (χ4v) is 2.55. The molecule has 0 radical (unpaired) electrons. The first-order chi connectivity index (χ1) is 8.94. The molecule has 4 nitrogen and oxygen atoms in total. The number of rotatable bonds is 5. The predicted octanol–water partition coefficient (Wildman–Crippen LogP) is 3.43. The first-order valence-corrected chi connectivity index (χ1v) is 7.40. The van der Waals surface area contributed by atoms with Crippen LogP contribution in [0.4, 0.5) is 0 Å². The van der Waals surface area contributed by atoms with Crippen molar-refractivity contribution in [2.75, 3.05) is 6.54 Å². The van der Waals surface area contributed by atoms with Crippen molar-refractivity contribution in [3.63, 3.8) is 0 Å². The molecular formula is C14H21N3OS. The van der Waals surface area contributed by atoms with E-state index < -0.39 is 0 Å². The number of hydrogen-bond acceptors (Lipinski definition) is 5. The van der Waals surface area contributed by atoms with E-state index in [2.05, 4.69) is 36.3 Å². The van der Waals surface area contributed by atoms with Gasteiger partial charge in [-0.15, -0.1) is 10.2 Å². The van der Waals surface area contributed by atoms with Crippen molar-refractivity contribution in [3.05, 3.63) is 22.9 Å². The molecule has 0 amide bonds. The molecule has 2 aromatic heterocycles. The van der Waals surface area contributed by atoms with Crippen molar-refractivity contribution in [3.8, 4) is 10.8 Å². The highest BCUT2D eigenvalue weighted by Gasteiger charge is 2.11. The molecule has 1 N–H and O–H groups in total. The minimum Gasteiger partial charge on any atom is -0.459 e. The fraction of sp³-hybridized carbons (Fsp3) is 0.571. The summed E-state index contributed by atoms with van der Waals surface area (Å²) < 4.78 is 5.55. The Labute approximate surface area is 118 Å². The maximum absolute atomic E-state index is 5.55. The molecule has 19 heavy (non-hydrogen) atoms. The highest BCUT2D eigenvalue weighted by Crippen LogP contribution is 2.25. The number of nitrogens with zero attached hydrogens (tertiary/aromatic N) is 2. The summed E-state index contributed by atoms with van der Waals surface area (Å²) in [7, 11) is 0. The molecule has 0 aliphatic heterocycles. The molecule has 0 spiro atoms. The van der Waals surface area contributed by atoms with Gasteiger partial charge in [-0.1, -0.05) is 11.3 Å². The number of aromatic nitrogens is 2. The van der Waals surface area contributed by atoms with E-state index in [0.717, 1.165) is 40.9 Å². The Morgan fingerprint density at radius 2 is 2.05 bits per heavy atom. The highest BCUT2D eigenvalue weighted by molar-refractivity contribution is 7.14. The summed E-state index contributed by atoms with van der Waals surface area (Å²) in [6, 6.07) is 3.89. The summed E-state index contributed by atoms with van der Waals surface area (Å²) >= 11 is 1.61. The van der Waals surface area contributed by atoms with E-state index in [-0.39, 0.29) is 5.54 Å². The van der Waals surface area contributed by atoms with E-state index >= 15 is 0 Å². The van der Waals surface area contributed by atoms with Gasteiger partial charge in [0.25, 0.3) is 0 Å². The van der Waals surface area contributed by atoms with Crippen molar-refractivity contribution in [1.82, 2.24) is 15.5 Å². The molecule has 0 atom stereocenters. The third kappa shape index (κ3) is 4.44. The third-order valence-electron chi connectivity index (χ3n) is 2.64. The second-order valence-corrected chi connectivity index (χ2v) is 6.75. The highest BCUT2D eigenvalue weighted by atomic mass is 32.1. The Bertz CT molecular complexity index is 525. The number of nitrogens with one attached hydrogen (secondary N) is 1. The quantitative estimate of drug-likeness (QED) is 0.852. The maximum Gasteiger partial charge on any atom is 0.183 e. The van der Waals surface area contributed by atoms with Crippen LogP contribution in [0.3, 0.4) is 0 Å². The molecule has 0 aliphatic rings. The summed E-state index contributed by atoms with van der Waals surface area (Å²) in [6.45, 7) is 9.46. The molecule has 2 rings (SSSR count). The van der Waals surface area contributed by atoms with Gasteiger partial charge in [-0.2, -0.15) is 0 Å². The van der Waals surface area contributed by atoms with Crippen LogP contribution in [0.5, 0.6) is 0 Å². The van der Waals surface area contributed by atoms with Crippen molar-refractivity contribution in [2.24, 2.45) is 0 Å². The molecule has 2 aromatic rings. The normalized spacial score (nSPS) is 12.0. The van der Waals surface area contributed by atoms with Crippen LogP contribution >= 0.6 is 11.3 Å². The fourth-order valence-electron chi connectivity index (χ4n) is 1.71. The van der Waals surface area contributed by atoms with Crippen molar-refractivity contribution < 1.29 is 4.42 Å². The summed E-state index contributed by atoms with van der Waals surface area (Å²) in [6.07, 6.45) is 2.03. The molecule has 0 bridgehead atoms. The zero-order valence-corrected chi connectivity index (χ0v) is 12.8. The van der Waals surface area contributed by atoms with Crippen LogP contribution in [-0.4, -0.2) is 22.3 Å². The molecule has 0 fully saturated rings. The van der Waals surface area contributed by atoms with Gasteiger partial charge >= 0.3 is 0 Å². The first-order valence-electron chi connectivity index (χ1n) is 6.58. The van der Waals surface area contributed by atoms with Crippen LogP contribution in [0.15, 0.2) is 16.5 Å². The van der Waals surface area contributed by atoms with Gasteiger partial charge < -0.3 is 9.73 Å². The predicted molar refractivity (Wildman–Crippen MR) is 78.4 cm³/mol. The van der Waals surface area contributed by atoms with Gasteiger partial charge in [0.2, 0.25) is 0 Å². The summed E-state index contributed by atoms with van der Waals surface area (Å²) in [5.74, 6) is 1.72. The van der Waals surface area contributed by atoms with E-state index in [1.807, 2.05) is 19.1 Å². The van der Waals surface area contributed by atoms with Crippen molar-refractivity contribution >= 4 is 11.3 Å². The van der Waals surface area contributed by atoms with Gasteiger partial charge in [-0.05, 0) is 52.8 Å². The summed E-state index contributed by atoms with van der Waals surface area (Å²) in [4.78, 5) is 0. The number of aryl methyl sites for hydroxylation is 2. The van der Waals surface area contributed by atoms with E-state index in [9.17, 15) is 0 Å². The lowest BCUT2D eigenvalue weighted by molar-refractivity contribution is 0.422. The van der Waals surface area contributed by atoms with Crippen LogP contribution in [0, 0.1) is 6.92 Å². The minimum absolute atomic E-state index is 0.179. The smallest absolute Gasteiger partial charge is 0.183 e. The molecule has 0 unspecified atom stereocenters. The topological polar surface area (TPSA) is 51.0 Å². The van der Waals surface area contributed by atoms with Crippen LogP contribution in [0.2, 0.25) is 0 Å². The Balaban J connectivity index is 1.85. The Hall–Kier alpha value is -1.20. The van der Waals surface area contributed by atoms with E-state index in [1.165, 1.54) is 0 Å². The van der Waals surface area contributed by atoms with Gasteiger partial charge in [0.15, 0.2) is 10.8 Å². The standard InChI is InChI=1S/C14H21N3OS/c1-10-7-8-11(18-10)13-17-16-12(19-13)6-5-9-15-14(2,3)4/h7-8,15H,5-6,9H2,1-4H3. The Kier molecular flexibility index (Phi) is 4.37. The first kappa shape index (κ1) is 14.2. The Morgan fingerprint density at radius 1 is 1.26 bits per heavy atom. The second kappa shape index (κ2) is 5.84. The van der Waals surface area contributed by atoms with Crippen molar-refractivity contribution in [2.45, 2.75) is 46.1 Å². The Morgan fingerprint density at radius 3 is 2.68 bits per heavy atom. The van der Waals surface area contributed by atoms with Crippen LogP contribution in [0.25, 0.3) is 10.8 Å². The van der Waals surface area contributed by atoms with Crippen molar-refractivity contribution in [1.29, 1.82) is 0 Å². The monoisotopic (exact) mass is 279 g/mol. The molecule has 104 valence electrons. The molecular weight excluding hydrogens is 258 g/mol. The third-order valence-corrected chi connectivity index (χ3v) is 3.64. The van der Waals surface area contributed by atoms with Gasteiger partial charge in [0, 0.05) is 12.0 Å². The molecule has 2 heterocycles. The van der Waals surface area contributed by atoms with Crippen LogP contribution in [0.1, 0.15) is 38.0 Å². The molecule has 0 aromatic carbocycles. The van der Waals surface area contributed by atoms with Gasteiger partial charge in [-0.25, -0.2) is 0 Å². The maximum atomic E-state index is 5.55. The summed E-state index contributed by atoms with van der Waals surface area (Å²) in [5.41, 5.74) is 0.179. The lowest BCUT2D eigenvalue weighted by atomic mass is 10.1. The minimum atomic E-state index is 0.179. The zero-order chi connectivity index (χ0) is 13.9. The molecule has 0 aliphatic carbocycles. The van der Waals surface area contributed by atoms with E-state index in [0.29, 0.717) is 0 Å². The molecule has 0 saturated heterocycles. The van der Waals surface area contributed by atoms with Gasteiger partial charge in [0.05, 0.1) is 0 Å². The SMILES string of the molecule is Cc1ccc(-c2nnc(CCCNC(C)(C)C)s2)o1. The average Bonchev–Trinajstić information content (AvgIpc) is 2.92. The van der Waals surface area contributed by atoms with Crippen LogP contribution < -0.4 is 5.32 Å². The van der Waals surface area contributed by atoms with Crippen LogP contribution in [-0.2, 0) is 6.42 Å². The number of furan rings is 1. The zero-order valence-electron chi connectivity index (χ0n) is 12.0. The largest absolute Gasteiger partial charge is 0.459 e. The lowest BCUT2D eigenvalue weighted by Crippen LogP contribution is -2.36. The lowest BCUT2D eigenvalue weighted by Gasteiger charge is -2.20. The molecule has 0 saturated carbocycles. The van der Waals surface area contributed by atoms with E-state index in [4.69, 9.17) is 4.42 Å². The molecule has 5 heteroatoms. The number of hydrogen-bond donors (Lipinski definition) is 1. The second-order valence-electron chi connectivity index (χ2n) is 5.69. The van der Waals surface area contributed by atoms with E-state index in [1.54, 1.807) is 11.3 Å². The van der Waals surface area contributed by atoms with Gasteiger partial charge in [-0.3, -0.25) is 0 Å².